The van der Waals surface area contributed by atoms with E-state index in [0.29, 0.717) is 10.8 Å². The van der Waals surface area contributed by atoms with Crippen LogP contribution in [0, 0.1) is 0 Å². The molecule has 4 heteroatoms. The summed E-state index contributed by atoms with van der Waals surface area (Å²) in [6, 6.07) is 12.0. The van der Waals surface area contributed by atoms with Gasteiger partial charge in [-0.25, -0.2) is 4.21 Å². The van der Waals surface area contributed by atoms with Crippen LogP contribution < -0.4 is 0 Å². The fourth-order valence-electron chi connectivity index (χ4n) is 3.58. The number of fused-ring (bicyclic) bond motifs is 1. The Bertz CT molecular complexity index is 649. The van der Waals surface area contributed by atoms with Crippen LogP contribution in [0.2, 0.25) is 0 Å². The van der Waals surface area contributed by atoms with Crippen LogP contribution in [0.3, 0.4) is 0 Å². The van der Waals surface area contributed by atoms with Crippen molar-refractivity contribution in [2.75, 3.05) is 0 Å². The molecule has 1 aliphatic rings. The second-order valence-electron chi connectivity index (χ2n) is 5.99. The van der Waals surface area contributed by atoms with Gasteiger partial charge in [0, 0.05) is 5.39 Å². The minimum atomic E-state index is -1.92. The van der Waals surface area contributed by atoms with Crippen LogP contribution in [0.15, 0.2) is 41.3 Å². The number of benzene rings is 2. The van der Waals surface area contributed by atoms with Crippen LogP contribution >= 0.6 is 0 Å². The van der Waals surface area contributed by atoms with Gasteiger partial charge >= 0.3 is 29.6 Å². The summed E-state index contributed by atoms with van der Waals surface area (Å²) >= 11 is -1.92. The van der Waals surface area contributed by atoms with Crippen LogP contribution in [-0.2, 0) is 11.1 Å². The van der Waals surface area contributed by atoms with Crippen molar-refractivity contribution in [1.82, 2.24) is 0 Å². The molecule has 1 atom stereocenters. The quantitative estimate of drug-likeness (QED) is 0.647. The molecule has 0 spiro atoms. The predicted molar refractivity (Wildman–Crippen MR) is 95.2 cm³/mol. The molecule has 3 rings (SSSR count). The Kier molecular flexibility index (Phi) is 7.10. The first-order chi connectivity index (χ1) is 10.3. The van der Waals surface area contributed by atoms with Crippen molar-refractivity contribution in [3.63, 3.8) is 0 Å². The van der Waals surface area contributed by atoms with Crippen LogP contribution in [0.4, 0.5) is 0 Å². The molecule has 0 radical (unpaired) electrons. The average molecular weight is 326 g/mol. The zero-order valence-electron chi connectivity index (χ0n) is 12.3. The Morgan fingerprint density at radius 3 is 2.14 bits per heavy atom. The third-order valence-electron chi connectivity index (χ3n) is 4.65. The Morgan fingerprint density at radius 2 is 1.45 bits per heavy atom. The topological polar surface area (TPSA) is 37.3 Å². The van der Waals surface area contributed by atoms with Gasteiger partial charge in [0.15, 0.2) is 11.1 Å². The summed E-state index contributed by atoms with van der Waals surface area (Å²) in [6.45, 7) is 0. The van der Waals surface area contributed by atoms with Gasteiger partial charge in [0.25, 0.3) is 0 Å². The maximum absolute atomic E-state index is 11.5. The van der Waals surface area contributed by atoms with Crippen molar-refractivity contribution < 1.29 is 8.76 Å². The number of hydrogen-bond donors (Lipinski definition) is 1. The van der Waals surface area contributed by atoms with Gasteiger partial charge in [-0.3, -0.25) is 0 Å². The Labute approximate surface area is 157 Å². The van der Waals surface area contributed by atoms with Crippen LogP contribution in [-0.4, -0.2) is 38.3 Å². The van der Waals surface area contributed by atoms with E-state index in [1.54, 1.807) is 6.07 Å². The number of rotatable bonds is 2. The summed E-state index contributed by atoms with van der Waals surface area (Å²) in [4.78, 5) is 0.528. The standard InChI is InChI=1S/C18H22O2S.Na.H/c19-21(20)18-13-7-11-16-15(10-6-12-17(16)18)14-8-4-2-1-3-5-9-14;;/h6-7,10-14H,1-5,8-9H2,(H,19,20);;. The molecule has 0 saturated heterocycles. The van der Waals surface area contributed by atoms with Gasteiger partial charge in [-0.05, 0) is 35.8 Å². The first-order valence-corrected chi connectivity index (χ1v) is 9.00. The predicted octanol–water partition coefficient (Wildman–Crippen LogP) is 4.60. The molecule has 114 valence electrons. The first kappa shape index (κ1) is 18.2. The molecule has 0 aliphatic heterocycles. The molecule has 1 unspecified atom stereocenters. The fourth-order valence-corrected chi connectivity index (χ4v) is 4.14. The summed E-state index contributed by atoms with van der Waals surface area (Å²) in [7, 11) is 0. The van der Waals surface area contributed by atoms with Crippen molar-refractivity contribution in [2.24, 2.45) is 0 Å². The van der Waals surface area contributed by atoms with E-state index in [0.717, 1.165) is 10.8 Å². The molecule has 2 aromatic carbocycles. The molecular weight excluding hydrogens is 303 g/mol. The molecule has 1 fully saturated rings. The van der Waals surface area contributed by atoms with E-state index < -0.39 is 11.1 Å². The molecule has 1 saturated carbocycles. The van der Waals surface area contributed by atoms with Crippen LogP contribution in [0.25, 0.3) is 10.8 Å². The normalized spacial score (nSPS) is 18.2. The van der Waals surface area contributed by atoms with Gasteiger partial charge in [-0.1, -0.05) is 62.4 Å². The van der Waals surface area contributed by atoms with E-state index >= 15 is 0 Å². The molecule has 0 heterocycles. The second kappa shape index (κ2) is 8.60. The van der Waals surface area contributed by atoms with E-state index in [9.17, 15) is 8.76 Å². The Morgan fingerprint density at radius 1 is 0.864 bits per heavy atom. The molecule has 0 amide bonds. The third-order valence-corrected chi connectivity index (χ3v) is 5.38. The molecule has 1 aliphatic carbocycles. The summed E-state index contributed by atoms with van der Waals surface area (Å²) < 4.78 is 21.0. The summed E-state index contributed by atoms with van der Waals surface area (Å²) in [5, 5.41) is 2.08. The van der Waals surface area contributed by atoms with E-state index in [4.69, 9.17) is 0 Å². The fraction of sp³-hybridized carbons (Fsp3) is 0.444. The summed E-state index contributed by atoms with van der Waals surface area (Å²) in [5.41, 5.74) is 1.36. The van der Waals surface area contributed by atoms with Gasteiger partial charge in [0.2, 0.25) is 0 Å². The van der Waals surface area contributed by atoms with Gasteiger partial charge in [0.05, 0.1) is 4.90 Å². The Balaban J connectivity index is 0.00000176. The van der Waals surface area contributed by atoms with Gasteiger partial charge in [-0.2, -0.15) is 0 Å². The molecule has 2 nitrogen and oxygen atoms in total. The molecule has 0 aromatic heterocycles. The SMILES string of the molecule is O=S(O)c1cccc2c(C3CCCCCCC3)cccc12.[NaH]. The van der Waals surface area contributed by atoms with Crippen molar-refractivity contribution in [1.29, 1.82) is 0 Å². The zero-order valence-corrected chi connectivity index (χ0v) is 13.1. The van der Waals surface area contributed by atoms with Gasteiger partial charge < -0.3 is 4.55 Å². The van der Waals surface area contributed by atoms with Crippen molar-refractivity contribution in [2.45, 2.75) is 55.8 Å². The number of hydrogen-bond acceptors (Lipinski definition) is 1. The van der Waals surface area contributed by atoms with Crippen LogP contribution in [0.5, 0.6) is 0 Å². The second-order valence-corrected chi connectivity index (χ2v) is 6.93. The van der Waals surface area contributed by atoms with Crippen molar-refractivity contribution in [3.8, 4) is 0 Å². The molecule has 22 heavy (non-hydrogen) atoms. The Hall–Kier alpha value is -0.190. The van der Waals surface area contributed by atoms with E-state index in [2.05, 4.69) is 12.1 Å². The van der Waals surface area contributed by atoms with E-state index in [1.165, 1.54) is 50.5 Å². The van der Waals surface area contributed by atoms with E-state index in [-0.39, 0.29) is 29.6 Å². The average Bonchev–Trinajstić information content (AvgIpc) is 2.46. The van der Waals surface area contributed by atoms with Crippen LogP contribution in [0.1, 0.15) is 56.4 Å². The zero-order chi connectivity index (χ0) is 14.7. The van der Waals surface area contributed by atoms with Gasteiger partial charge in [-0.15, -0.1) is 0 Å². The minimum absolute atomic E-state index is 0. The third kappa shape index (κ3) is 4.01. The summed E-state index contributed by atoms with van der Waals surface area (Å²) in [6.07, 6.45) is 9.13. The monoisotopic (exact) mass is 326 g/mol. The molecule has 2 aromatic rings. The van der Waals surface area contributed by atoms with Gasteiger partial charge in [0.1, 0.15) is 0 Å². The van der Waals surface area contributed by atoms with E-state index in [1.807, 2.05) is 18.2 Å². The maximum atomic E-state index is 11.5. The molecule has 0 bridgehead atoms. The van der Waals surface area contributed by atoms with Crippen molar-refractivity contribution >= 4 is 51.4 Å². The molecule has 1 N–H and O–H groups in total. The van der Waals surface area contributed by atoms with Crippen molar-refractivity contribution in [3.05, 3.63) is 42.0 Å². The molecular formula is C18H23NaO2S. The summed E-state index contributed by atoms with van der Waals surface area (Å²) in [5.74, 6) is 0.594. The first-order valence-electron chi connectivity index (χ1n) is 7.90.